The van der Waals surface area contributed by atoms with Gasteiger partial charge in [-0.25, -0.2) is 8.42 Å². The smallest absolute Gasteiger partial charge is 0.221 e. The maximum absolute atomic E-state index is 12.6. The third-order valence-electron chi connectivity index (χ3n) is 2.99. The van der Waals surface area contributed by atoms with Crippen LogP contribution in [-0.2, 0) is 9.84 Å². The van der Waals surface area contributed by atoms with Crippen molar-refractivity contribution in [3.63, 3.8) is 0 Å². The fourth-order valence-corrected chi connectivity index (χ4v) is 4.05. The molecule has 0 radical (unpaired) electrons. The van der Waals surface area contributed by atoms with Gasteiger partial charge in [-0.3, -0.25) is 0 Å². The van der Waals surface area contributed by atoms with E-state index in [1.165, 1.54) is 24.3 Å². The van der Waals surface area contributed by atoms with Gasteiger partial charge in [0.2, 0.25) is 15.2 Å². The van der Waals surface area contributed by atoms with Crippen LogP contribution in [0.25, 0.3) is 0 Å². The van der Waals surface area contributed by atoms with E-state index < -0.39 is 15.2 Å². The Kier molecular flexibility index (Phi) is 4.66. The molecule has 0 saturated carbocycles. The fraction of sp³-hybridized carbons (Fsp3) is 0.143. The molecule has 0 bridgehead atoms. The zero-order valence-electron chi connectivity index (χ0n) is 11.0. The van der Waals surface area contributed by atoms with Crippen molar-refractivity contribution >= 4 is 33.0 Å². The van der Waals surface area contributed by atoms with E-state index >= 15 is 0 Å². The molecule has 0 N–H and O–H groups in total. The molecule has 0 aromatic heterocycles. The molecular weight excluding hydrogens is 333 g/mol. The van der Waals surface area contributed by atoms with E-state index in [4.69, 9.17) is 23.2 Å². The molecule has 0 aliphatic heterocycles. The summed E-state index contributed by atoms with van der Waals surface area (Å²) in [6.07, 6.45) is 0. The van der Waals surface area contributed by atoms with E-state index in [-0.39, 0.29) is 20.5 Å². The molecule has 21 heavy (non-hydrogen) atoms. The van der Waals surface area contributed by atoms with Gasteiger partial charge in [-0.2, -0.15) is 0 Å². The van der Waals surface area contributed by atoms with Crippen molar-refractivity contribution < 1.29 is 8.42 Å². The molecule has 1 atom stereocenters. The van der Waals surface area contributed by atoms with Gasteiger partial charge in [0.05, 0.1) is 4.90 Å². The zero-order chi connectivity index (χ0) is 15.6. The van der Waals surface area contributed by atoms with E-state index in [0.29, 0.717) is 0 Å². The molecule has 7 heteroatoms. The Balaban J connectivity index is 2.60. The van der Waals surface area contributed by atoms with Gasteiger partial charge in [0.15, 0.2) is 0 Å². The minimum absolute atomic E-state index is 0.00333. The molecule has 2 aromatic carbocycles. The molecule has 0 saturated heterocycles. The summed E-state index contributed by atoms with van der Waals surface area (Å²) in [5, 5.41) is 1.24. The molecule has 0 amide bonds. The second kappa shape index (κ2) is 6.13. The Morgan fingerprint density at radius 3 is 2.00 bits per heavy atom. The minimum Gasteiger partial charge on any atom is -0.221 e. The van der Waals surface area contributed by atoms with Crippen molar-refractivity contribution in [3.8, 4) is 0 Å². The highest BCUT2D eigenvalue weighted by Gasteiger charge is 2.33. The van der Waals surface area contributed by atoms with Crippen LogP contribution in [0.4, 0.5) is 0 Å². The van der Waals surface area contributed by atoms with E-state index in [2.05, 4.69) is 5.18 Å². The number of nitrogens with zero attached hydrogens (tertiary/aromatic N) is 1. The molecule has 0 heterocycles. The zero-order valence-corrected chi connectivity index (χ0v) is 13.3. The maximum atomic E-state index is 12.6. The number of hydrogen-bond acceptors (Lipinski definition) is 4. The first-order valence-corrected chi connectivity index (χ1v) is 8.25. The quantitative estimate of drug-likeness (QED) is 0.765. The van der Waals surface area contributed by atoms with Gasteiger partial charge < -0.3 is 0 Å². The van der Waals surface area contributed by atoms with Crippen molar-refractivity contribution in [2.45, 2.75) is 17.2 Å². The lowest BCUT2D eigenvalue weighted by atomic mass is 10.2. The Hall–Kier alpha value is -1.43. The van der Waals surface area contributed by atoms with Gasteiger partial charge in [0.25, 0.3) is 0 Å². The lowest BCUT2D eigenvalue weighted by Gasteiger charge is -2.14. The van der Waals surface area contributed by atoms with Crippen LogP contribution in [0.3, 0.4) is 0 Å². The van der Waals surface area contributed by atoms with Crippen molar-refractivity contribution in [2.75, 3.05) is 0 Å². The number of halogens is 2. The predicted molar refractivity (Wildman–Crippen MR) is 83.4 cm³/mol. The molecule has 110 valence electrons. The first kappa shape index (κ1) is 15.9. The van der Waals surface area contributed by atoms with Gasteiger partial charge in [-0.05, 0) is 36.4 Å². The van der Waals surface area contributed by atoms with Crippen LogP contribution in [0.5, 0.6) is 0 Å². The molecule has 2 rings (SSSR count). The van der Waals surface area contributed by atoms with Gasteiger partial charge in [0, 0.05) is 15.6 Å². The summed E-state index contributed by atoms with van der Waals surface area (Å²) in [5.74, 6) is 0. The molecular formula is C14H11Cl2NO3S. The predicted octanol–water partition coefficient (Wildman–Crippen LogP) is 4.54. The third kappa shape index (κ3) is 3.10. The molecule has 0 fully saturated rings. The van der Waals surface area contributed by atoms with Crippen molar-refractivity contribution in [1.82, 2.24) is 0 Å². The Bertz CT molecular complexity index is 753. The van der Waals surface area contributed by atoms with Gasteiger partial charge >= 0.3 is 0 Å². The van der Waals surface area contributed by atoms with Crippen molar-refractivity contribution in [3.05, 3.63) is 68.5 Å². The molecule has 0 aliphatic carbocycles. The normalized spacial score (nSPS) is 12.9. The summed E-state index contributed by atoms with van der Waals surface area (Å²) in [7, 11) is -4.01. The highest BCUT2D eigenvalue weighted by molar-refractivity contribution is 7.91. The SMILES string of the molecule is Cc1ccc(S(=O)(=O)C(N=O)c2c(Cl)cccc2Cl)cc1. The highest BCUT2D eigenvalue weighted by atomic mass is 35.5. The number of sulfone groups is 1. The van der Waals surface area contributed by atoms with E-state index in [1.54, 1.807) is 18.2 Å². The number of nitroso groups, excluding NO2 is 1. The summed E-state index contributed by atoms with van der Waals surface area (Å²) in [6.45, 7) is 1.83. The monoisotopic (exact) mass is 343 g/mol. The van der Waals surface area contributed by atoms with E-state index in [0.717, 1.165) is 5.56 Å². The molecule has 0 aliphatic rings. The average Bonchev–Trinajstić information content (AvgIpc) is 2.43. The highest BCUT2D eigenvalue weighted by Crippen LogP contribution is 2.38. The van der Waals surface area contributed by atoms with E-state index in [1.807, 2.05) is 6.92 Å². The number of aryl methyl sites for hydroxylation is 1. The van der Waals surface area contributed by atoms with E-state index in [9.17, 15) is 13.3 Å². The summed E-state index contributed by atoms with van der Waals surface area (Å²) < 4.78 is 25.1. The number of hydrogen-bond donors (Lipinski definition) is 0. The number of rotatable bonds is 4. The summed E-state index contributed by atoms with van der Waals surface area (Å²) >= 11 is 11.9. The largest absolute Gasteiger partial charge is 0.225 e. The van der Waals surface area contributed by atoms with Crippen LogP contribution in [0.1, 0.15) is 16.5 Å². The Labute approximate surface area is 132 Å². The average molecular weight is 344 g/mol. The van der Waals surface area contributed by atoms with Crippen LogP contribution in [-0.4, -0.2) is 8.42 Å². The first-order chi connectivity index (χ1) is 9.87. The lowest BCUT2D eigenvalue weighted by molar-refractivity contribution is 0.583. The summed E-state index contributed by atoms with van der Waals surface area (Å²) in [4.78, 5) is 11.1. The lowest BCUT2D eigenvalue weighted by Crippen LogP contribution is -2.12. The van der Waals surface area contributed by atoms with Crippen LogP contribution in [0, 0.1) is 11.8 Å². The Morgan fingerprint density at radius 2 is 1.52 bits per heavy atom. The topological polar surface area (TPSA) is 63.6 Å². The van der Waals surface area contributed by atoms with Crippen LogP contribution >= 0.6 is 23.2 Å². The van der Waals surface area contributed by atoms with Gasteiger partial charge in [-0.1, -0.05) is 47.0 Å². The van der Waals surface area contributed by atoms with Crippen molar-refractivity contribution in [1.29, 1.82) is 0 Å². The van der Waals surface area contributed by atoms with Crippen LogP contribution in [0.2, 0.25) is 10.0 Å². The molecule has 1 unspecified atom stereocenters. The number of benzene rings is 2. The second-order valence-corrected chi connectivity index (χ2v) is 7.27. The summed E-state index contributed by atoms with van der Waals surface area (Å²) in [6, 6.07) is 10.6. The standard InChI is InChI=1S/C14H11Cl2NO3S/c1-9-5-7-10(8-6-9)21(19,20)14(17-18)13-11(15)3-2-4-12(13)16/h2-8,14H,1H3. The molecule has 4 nitrogen and oxygen atoms in total. The second-order valence-electron chi connectivity index (χ2n) is 4.45. The summed E-state index contributed by atoms with van der Waals surface area (Å²) in [5.41, 5.74) is 0.900. The van der Waals surface area contributed by atoms with Crippen molar-refractivity contribution in [2.24, 2.45) is 5.18 Å². The maximum Gasteiger partial charge on any atom is 0.225 e. The first-order valence-electron chi connectivity index (χ1n) is 5.95. The third-order valence-corrected chi connectivity index (χ3v) is 5.48. The van der Waals surface area contributed by atoms with Gasteiger partial charge in [-0.15, -0.1) is 4.91 Å². The molecule has 2 aromatic rings. The van der Waals surface area contributed by atoms with Gasteiger partial charge in [0.1, 0.15) is 0 Å². The molecule has 0 spiro atoms. The van der Waals surface area contributed by atoms with Crippen LogP contribution in [0.15, 0.2) is 52.5 Å². The Morgan fingerprint density at radius 1 is 1.00 bits per heavy atom. The van der Waals surface area contributed by atoms with Crippen LogP contribution < -0.4 is 0 Å². The minimum atomic E-state index is -4.01. The fourth-order valence-electron chi connectivity index (χ4n) is 1.87.